The molecule has 3 rings (SSSR count). The minimum atomic E-state index is -0.502. The number of piperazine rings is 1. The zero-order valence-electron chi connectivity index (χ0n) is 15.6. The molecule has 138 valence electrons. The third-order valence-electron chi connectivity index (χ3n) is 4.94. The molecule has 6 nitrogen and oxygen atoms in total. The molecule has 1 amide bonds. The average Bonchev–Trinajstić information content (AvgIpc) is 2.61. The summed E-state index contributed by atoms with van der Waals surface area (Å²) in [7, 11) is 0. The average molecular weight is 346 g/mol. The maximum Gasteiger partial charge on any atom is 0.411 e. The SMILES string of the molecule is CC(C)(C)OC(=O)N1CCNCC1c1ncc(C2CCCCC2)cn1. The monoisotopic (exact) mass is 346 g/mol. The van der Waals surface area contributed by atoms with Crippen molar-refractivity contribution in [3.8, 4) is 0 Å². The number of nitrogens with zero attached hydrogens (tertiary/aromatic N) is 3. The highest BCUT2D eigenvalue weighted by molar-refractivity contribution is 5.69. The van der Waals surface area contributed by atoms with Crippen LogP contribution in [0, 0.1) is 0 Å². The number of aromatic nitrogens is 2. The van der Waals surface area contributed by atoms with E-state index in [1.54, 1.807) is 4.90 Å². The first kappa shape index (κ1) is 18.1. The van der Waals surface area contributed by atoms with Crippen LogP contribution in [-0.2, 0) is 4.74 Å². The Morgan fingerprint density at radius 3 is 2.52 bits per heavy atom. The summed E-state index contributed by atoms with van der Waals surface area (Å²) < 4.78 is 5.55. The fourth-order valence-corrected chi connectivity index (χ4v) is 3.64. The van der Waals surface area contributed by atoms with E-state index in [1.807, 2.05) is 33.2 Å². The van der Waals surface area contributed by atoms with E-state index >= 15 is 0 Å². The smallest absolute Gasteiger partial charge is 0.411 e. The van der Waals surface area contributed by atoms with Crippen molar-refractivity contribution in [3.63, 3.8) is 0 Å². The van der Waals surface area contributed by atoms with Gasteiger partial charge in [0.25, 0.3) is 0 Å². The van der Waals surface area contributed by atoms with Gasteiger partial charge in [-0.3, -0.25) is 4.90 Å². The number of nitrogens with one attached hydrogen (secondary N) is 1. The highest BCUT2D eigenvalue weighted by Crippen LogP contribution is 2.32. The van der Waals surface area contributed by atoms with Gasteiger partial charge in [-0.25, -0.2) is 14.8 Å². The van der Waals surface area contributed by atoms with Gasteiger partial charge in [0.2, 0.25) is 0 Å². The summed E-state index contributed by atoms with van der Waals surface area (Å²) in [6.07, 6.45) is 10.0. The van der Waals surface area contributed by atoms with Crippen molar-refractivity contribution in [1.29, 1.82) is 0 Å². The molecule has 2 heterocycles. The Kier molecular flexibility index (Phi) is 5.57. The summed E-state index contributed by atoms with van der Waals surface area (Å²) in [5, 5.41) is 3.33. The summed E-state index contributed by atoms with van der Waals surface area (Å²) in [5.74, 6) is 1.28. The van der Waals surface area contributed by atoms with Gasteiger partial charge in [0, 0.05) is 32.0 Å². The van der Waals surface area contributed by atoms with Crippen molar-refractivity contribution in [2.75, 3.05) is 19.6 Å². The van der Waals surface area contributed by atoms with Crippen molar-refractivity contribution in [2.24, 2.45) is 0 Å². The third kappa shape index (κ3) is 4.69. The van der Waals surface area contributed by atoms with Crippen molar-refractivity contribution in [2.45, 2.75) is 70.4 Å². The van der Waals surface area contributed by atoms with Crippen LogP contribution in [0.1, 0.15) is 76.2 Å². The van der Waals surface area contributed by atoms with Gasteiger partial charge < -0.3 is 10.1 Å². The highest BCUT2D eigenvalue weighted by Gasteiger charge is 2.33. The van der Waals surface area contributed by atoms with Gasteiger partial charge in [0.1, 0.15) is 11.6 Å². The van der Waals surface area contributed by atoms with Gasteiger partial charge >= 0.3 is 6.09 Å². The molecular formula is C19H30N4O2. The van der Waals surface area contributed by atoms with Crippen LogP contribution in [0.5, 0.6) is 0 Å². The van der Waals surface area contributed by atoms with Crippen LogP contribution in [0.4, 0.5) is 4.79 Å². The second-order valence-electron chi connectivity index (χ2n) is 8.10. The normalized spacial score (nSPS) is 22.7. The Bertz CT molecular complexity index is 576. The number of hydrogen-bond acceptors (Lipinski definition) is 5. The van der Waals surface area contributed by atoms with Crippen molar-refractivity contribution >= 4 is 6.09 Å². The molecule has 0 aromatic carbocycles. The number of ether oxygens (including phenoxy) is 1. The summed E-state index contributed by atoms with van der Waals surface area (Å²) in [5.41, 5.74) is 0.731. The molecule has 1 aliphatic heterocycles. The van der Waals surface area contributed by atoms with Crippen LogP contribution in [-0.4, -0.2) is 46.2 Å². The Hall–Kier alpha value is -1.69. The maximum absolute atomic E-state index is 12.5. The fourth-order valence-electron chi connectivity index (χ4n) is 3.64. The molecule has 1 atom stereocenters. The van der Waals surface area contributed by atoms with Gasteiger partial charge in [-0.2, -0.15) is 0 Å². The van der Waals surface area contributed by atoms with Gasteiger partial charge in [0.15, 0.2) is 5.82 Å². The molecule has 0 radical (unpaired) electrons. The topological polar surface area (TPSA) is 67.3 Å². The molecule has 1 unspecified atom stereocenters. The lowest BCUT2D eigenvalue weighted by Crippen LogP contribution is -2.50. The van der Waals surface area contributed by atoms with Crippen molar-refractivity contribution in [1.82, 2.24) is 20.2 Å². The predicted octanol–water partition coefficient (Wildman–Crippen LogP) is 3.41. The highest BCUT2D eigenvalue weighted by atomic mass is 16.6. The zero-order valence-corrected chi connectivity index (χ0v) is 15.6. The number of amides is 1. The Balaban J connectivity index is 1.72. The molecule has 6 heteroatoms. The van der Waals surface area contributed by atoms with Crippen LogP contribution in [0.25, 0.3) is 0 Å². The van der Waals surface area contributed by atoms with Crippen molar-refractivity contribution in [3.05, 3.63) is 23.8 Å². The molecule has 1 saturated heterocycles. The first-order valence-electron chi connectivity index (χ1n) is 9.46. The summed E-state index contributed by atoms with van der Waals surface area (Å²) in [4.78, 5) is 23.5. The summed E-state index contributed by atoms with van der Waals surface area (Å²) in [6.45, 7) is 7.68. The molecule has 0 bridgehead atoms. The van der Waals surface area contributed by atoms with Gasteiger partial charge in [-0.1, -0.05) is 19.3 Å². The maximum atomic E-state index is 12.5. The van der Waals surface area contributed by atoms with Crippen molar-refractivity contribution < 1.29 is 9.53 Å². The van der Waals surface area contributed by atoms with E-state index in [9.17, 15) is 4.79 Å². The minimum absolute atomic E-state index is 0.177. The second-order valence-corrected chi connectivity index (χ2v) is 8.10. The Labute approximate surface area is 150 Å². The third-order valence-corrected chi connectivity index (χ3v) is 4.94. The zero-order chi connectivity index (χ0) is 17.9. The van der Waals surface area contributed by atoms with Gasteiger partial charge in [-0.15, -0.1) is 0 Å². The van der Waals surface area contributed by atoms with Crippen LogP contribution < -0.4 is 5.32 Å². The molecule has 25 heavy (non-hydrogen) atoms. The van der Waals surface area contributed by atoms with E-state index < -0.39 is 5.60 Å². The van der Waals surface area contributed by atoms with Crippen LogP contribution in [0.2, 0.25) is 0 Å². The molecular weight excluding hydrogens is 316 g/mol. The molecule has 1 N–H and O–H groups in total. The van der Waals surface area contributed by atoms with E-state index in [-0.39, 0.29) is 12.1 Å². The number of rotatable bonds is 2. The lowest BCUT2D eigenvalue weighted by Gasteiger charge is -2.36. The van der Waals surface area contributed by atoms with E-state index in [4.69, 9.17) is 4.74 Å². The number of carbonyl (C=O) groups excluding carboxylic acids is 1. The van der Waals surface area contributed by atoms with E-state index in [0.29, 0.717) is 24.8 Å². The molecule has 2 fully saturated rings. The molecule has 1 saturated carbocycles. The number of hydrogen-bond donors (Lipinski definition) is 1. The van der Waals surface area contributed by atoms with E-state index in [0.717, 1.165) is 6.54 Å². The van der Waals surface area contributed by atoms with Crippen LogP contribution >= 0.6 is 0 Å². The first-order chi connectivity index (χ1) is 11.9. The summed E-state index contributed by atoms with van der Waals surface area (Å²) >= 11 is 0. The molecule has 1 aliphatic carbocycles. The first-order valence-corrected chi connectivity index (χ1v) is 9.46. The van der Waals surface area contributed by atoms with Gasteiger partial charge in [-0.05, 0) is 45.1 Å². The molecule has 0 spiro atoms. The van der Waals surface area contributed by atoms with Crippen LogP contribution in [0.15, 0.2) is 12.4 Å². The molecule has 2 aliphatic rings. The lowest BCUT2D eigenvalue weighted by molar-refractivity contribution is 0.0108. The minimum Gasteiger partial charge on any atom is -0.444 e. The largest absolute Gasteiger partial charge is 0.444 e. The van der Waals surface area contributed by atoms with E-state index in [2.05, 4.69) is 15.3 Å². The van der Waals surface area contributed by atoms with Crippen LogP contribution in [0.3, 0.4) is 0 Å². The standard InChI is InChI=1S/C19H30N4O2/c1-19(2,3)25-18(24)23-10-9-20-13-16(23)17-21-11-15(12-22-17)14-7-5-4-6-8-14/h11-12,14,16,20H,4-10,13H2,1-3H3. The fraction of sp³-hybridized carbons (Fsp3) is 0.737. The second kappa shape index (κ2) is 7.68. The quantitative estimate of drug-likeness (QED) is 0.889. The van der Waals surface area contributed by atoms with Gasteiger partial charge in [0.05, 0.1) is 0 Å². The Morgan fingerprint density at radius 1 is 1.20 bits per heavy atom. The Morgan fingerprint density at radius 2 is 1.88 bits per heavy atom. The van der Waals surface area contributed by atoms with E-state index in [1.165, 1.54) is 37.7 Å². The molecule has 1 aromatic heterocycles. The molecule has 1 aromatic rings. The summed E-state index contributed by atoms with van der Waals surface area (Å²) in [6, 6.07) is -0.177. The lowest BCUT2D eigenvalue weighted by atomic mass is 9.85. The predicted molar refractivity (Wildman–Crippen MR) is 96.4 cm³/mol. The number of carbonyl (C=O) groups is 1.